The minimum atomic E-state index is 1.05. The molecule has 0 unspecified atom stereocenters. The minimum Gasteiger partial charge on any atom is -0.261 e. The molecule has 0 saturated carbocycles. The largest absolute Gasteiger partial charge is 0.261 e. The van der Waals surface area contributed by atoms with Gasteiger partial charge in [0.25, 0.3) is 0 Å². The molecule has 0 aliphatic carbocycles. The lowest BCUT2D eigenvalue weighted by Gasteiger charge is -2.25. The van der Waals surface area contributed by atoms with Gasteiger partial charge in [0.1, 0.15) is 0 Å². The highest BCUT2D eigenvalue weighted by molar-refractivity contribution is 7.96. The lowest BCUT2D eigenvalue weighted by Crippen LogP contribution is -2.24. The van der Waals surface area contributed by atoms with E-state index < -0.39 is 0 Å². The maximum Gasteiger partial charge on any atom is 0.0462 e. The van der Waals surface area contributed by atoms with Gasteiger partial charge in [0, 0.05) is 31.4 Å². The van der Waals surface area contributed by atoms with E-state index in [-0.39, 0.29) is 0 Å². The fourth-order valence-corrected chi connectivity index (χ4v) is 2.04. The molecule has 3 heteroatoms. The molecule has 0 spiro atoms. The number of aromatic nitrogens is 1. The van der Waals surface area contributed by atoms with Crippen LogP contribution in [0, 0.1) is 0 Å². The molecule has 0 saturated heterocycles. The Balaban J connectivity index is 2.23. The molecule has 12 heavy (non-hydrogen) atoms. The van der Waals surface area contributed by atoms with Gasteiger partial charge in [-0.2, -0.15) is 0 Å². The number of hydrogen-bond donors (Lipinski definition) is 0. The fraction of sp³-hybridized carbons (Fsp3) is 0.444. The number of fused-ring (bicyclic) bond motifs is 1. The third-order valence-corrected chi connectivity index (χ3v) is 3.02. The summed E-state index contributed by atoms with van der Waals surface area (Å²) in [7, 11) is 0. The van der Waals surface area contributed by atoms with Crippen molar-refractivity contribution in [1.82, 2.24) is 9.29 Å². The predicted octanol–water partition coefficient (Wildman–Crippen LogP) is 1.72. The fourth-order valence-electron chi connectivity index (χ4n) is 1.50. The smallest absolute Gasteiger partial charge is 0.0462 e. The summed E-state index contributed by atoms with van der Waals surface area (Å²) in [6.07, 6.45) is 5.10. The van der Waals surface area contributed by atoms with E-state index in [0.717, 1.165) is 19.5 Å². The van der Waals surface area contributed by atoms with Crippen LogP contribution in [0.25, 0.3) is 0 Å². The summed E-state index contributed by atoms with van der Waals surface area (Å²) >= 11 is 1.81. The van der Waals surface area contributed by atoms with E-state index in [4.69, 9.17) is 0 Å². The normalized spacial score (nSPS) is 17.4. The van der Waals surface area contributed by atoms with E-state index >= 15 is 0 Å². The van der Waals surface area contributed by atoms with E-state index in [1.807, 2.05) is 24.2 Å². The average molecular weight is 180 g/mol. The number of nitrogens with zero attached hydrogens (tertiary/aromatic N) is 2. The van der Waals surface area contributed by atoms with Crippen molar-refractivity contribution in [3.05, 3.63) is 29.6 Å². The minimum absolute atomic E-state index is 1.05. The molecule has 0 bridgehead atoms. The lowest BCUT2D eigenvalue weighted by molar-refractivity contribution is 0.440. The van der Waals surface area contributed by atoms with Crippen molar-refractivity contribution in [3.8, 4) is 0 Å². The Morgan fingerprint density at radius 3 is 3.33 bits per heavy atom. The monoisotopic (exact) mass is 180 g/mol. The van der Waals surface area contributed by atoms with Crippen molar-refractivity contribution in [2.75, 3.05) is 12.8 Å². The second-order valence-electron chi connectivity index (χ2n) is 2.91. The molecule has 0 aromatic carbocycles. The standard InChI is InChI=1S/C9H12N2S/c1-12-11-6-4-9-8(7-11)3-2-5-10-9/h2-3,5H,4,6-7H2,1H3. The molecule has 0 N–H and O–H groups in total. The Bertz CT molecular complexity index is 275. The zero-order valence-electron chi connectivity index (χ0n) is 7.16. The molecule has 1 aliphatic rings. The van der Waals surface area contributed by atoms with E-state index in [1.54, 1.807) is 0 Å². The lowest BCUT2D eigenvalue weighted by atomic mass is 10.1. The Labute approximate surface area is 77.1 Å². The first-order valence-corrected chi connectivity index (χ1v) is 5.30. The van der Waals surface area contributed by atoms with Gasteiger partial charge in [0.2, 0.25) is 0 Å². The Morgan fingerprint density at radius 2 is 2.50 bits per heavy atom. The van der Waals surface area contributed by atoms with Gasteiger partial charge >= 0.3 is 0 Å². The molecule has 0 amide bonds. The van der Waals surface area contributed by atoms with Crippen molar-refractivity contribution in [3.63, 3.8) is 0 Å². The highest BCUT2D eigenvalue weighted by atomic mass is 32.2. The number of pyridine rings is 1. The van der Waals surface area contributed by atoms with E-state index in [0.29, 0.717) is 0 Å². The quantitative estimate of drug-likeness (QED) is 0.612. The van der Waals surface area contributed by atoms with Gasteiger partial charge < -0.3 is 0 Å². The van der Waals surface area contributed by atoms with E-state index in [1.165, 1.54) is 11.3 Å². The molecular weight excluding hydrogens is 168 g/mol. The van der Waals surface area contributed by atoms with Crippen LogP contribution in [-0.4, -0.2) is 22.1 Å². The van der Waals surface area contributed by atoms with Gasteiger partial charge in [-0.3, -0.25) is 4.98 Å². The molecule has 64 valence electrons. The van der Waals surface area contributed by atoms with Crippen LogP contribution >= 0.6 is 11.9 Å². The zero-order valence-corrected chi connectivity index (χ0v) is 7.97. The SMILES string of the molecule is CSN1CCc2ncccc2C1. The molecular formula is C9H12N2S. The highest BCUT2D eigenvalue weighted by Gasteiger charge is 2.14. The van der Waals surface area contributed by atoms with E-state index in [9.17, 15) is 0 Å². The maximum absolute atomic E-state index is 4.35. The summed E-state index contributed by atoms with van der Waals surface area (Å²) in [5.74, 6) is 0. The van der Waals surface area contributed by atoms with Crippen molar-refractivity contribution in [2.24, 2.45) is 0 Å². The van der Waals surface area contributed by atoms with Crippen molar-refractivity contribution in [2.45, 2.75) is 13.0 Å². The van der Waals surface area contributed by atoms with Crippen molar-refractivity contribution < 1.29 is 0 Å². The summed E-state index contributed by atoms with van der Waals surface area (Å²) in [5, 5.41) is 0. The number of hydrogen-bond acceptors (Lipinski definition) is 3. The van der Waals surface area contributed by atoms with Gasteiger partial charge in [-0.1, -0.05) is 18.0 Å². The molecule has 1 aromatic rings. The van der Waals surface area contributed by atoms with Crippen LogP contribution in [0.15, 0.2) is 18.3 Å². The Morgan fingerprint density at radius 1 is 1.58 bits per heavy atom. The molecule has 0 radical (unpaired) electrons. The Hall–Kier alpha value is -0.540. The summed E-state index contributed by atoms with van der Waals surface area (Å²) in [6.45, 7) is 2.18. The molecule has 0 atom stereocenters. The first kappa shape index (κ1) is 8.08. The molecule has 2 nitrogen and oxygen atoms in total. The molecule has 2 heterocycles. The van der Waals surface area contributed by atoms with Gasteiger partial charge in [-0.05, 0) is 17.9 Å². The van der Waals surface area contributed by atoms with Gasteiger partial charge in [0.15, 0.2) is 0 Å². The van der Waals surface area contributed by atoms with Crippen LogP contribution in [0.2, 0.25) is 0 Å². The third kappa shape index (κ3) is 1.47. The summed E-state index contributed by atoms with van der Waals surface area (Å²) in [5.41, 5.74) is 2.67. The highest BCUT2D eigenvalue weighted by Crippen LogP contribution is 2.20. The molecule has 1 aliphatic heterocycles. The molecule has 1 aromatic heterocycles. The predicted molar refractivity (Wildman–Crippen MR) is 51.9 cm³/mol. The molecule has 0 fully saturated rings. The maximum atomic E-state index is 4.35. The topological polar surface area (TPSA) is 16.1 Å². The second-order valence-corrected chi connectivity index (χ2v) is 3.79. The van der Waals surface area contributed by atoms with Crippen LogP contribution in [0.5, 0.6) is 0 Å². The van der Waals surface area contributed by atoms with Gasteiger partial charge in [-0.15, -0.1) is 0 Å². The second kappa shape index (κ2) is 3.46. The van der Waals surface area contributed by atoms with Crippen LogP contribution in [0.1, 0.15) is 11.3 Å². The van der Waals surface area contributed by atoms with Crippen molar-refractivity contribution >= 4 is 11.9 Å². The van der Waals surface area contributed by atoms with Crippen LogP contribution in [0.3, 0.4) is 0 Å². The Kier molecular flexibility index (Phi) is 2.33. The van der Waals surface area contributed by atoms with E-state index in [2.05, 4.69) is 21.6 Å². The first-order chi connectivity index (χ1) is 5.90. The van der Waals surface area contributed by atoms with Crippen LogP contribution < -0.4 is 0 Å². The summed E-state index contributed by atoms with van der Waals surface area (Å²) in [6, 6.07) is 4.19. The summed E-state index contributed by atoms with van der Waals surface area (Å²) in [4.78, 5) is 4.35. The third-order valence-electron chi connectivity index (χ3n) is 2.19. The van der Waals surface area contributed by atoms with Crippen LogP contribution in [0.4, 0.5) is 0 Å². The van der Waals surface area contributed by atoms with Crippen LogP contribution in [-0.2, 0) is 13.0 Å². The molecule has 2 rings (SSSR count). The van der Waals surface area contributed by atoms with Gasteiger partial charge in [-0.25, -0.2) is 4.31 Å². The summed E-state index contributed by atoms with van der Waals surface area (Å²) < 4.78 is 2.37. The average Bonchev–Trinajstić information content (AvgIpc) is 2.17. The zero-order chi connectivity index (χ0) is 8.39. The van der Waals surface area contributed by atoms with Crippen molar-refractivity contribution in [1.29, 1.82) is 0 Å². The number of rotatable bonds is 1. The van der Waals surface area contributed by atoms with Gasteiger partial charge in [0.05, 0.1) is 0 Å². The first-order valence-electron chi connectivity index (χ1n) is 4.12.